The lowest BCUT2D eigenvalue weighted by Crippen LogP contribution is -2.35. The number of rotatable bonds is 18. The number of likely N-dealkylation sites (tertiary alicyclic amines) is 1. The molecule has 4 aromatic carbocycles. The zero-order valence-corrected chi connectivity index (χ0v) is 33.1. The highest BCUT2D eigenvalue weighted by atomic mass is 16.5. The largest absolute Gasteiger partial charge is 0.506 e. The van der Waals surface area contributed by atoms with Gasteiger partial charge in [0.05, 0.1) is 18.7 Å². The minimum absolute atomic E-state index is 0.0465. The minimum Gasteiger partial charge on any atom is -0.506 e. The summed E-state index contributed by atoms with van der Waals surface area (Å²) in [6, 6.07) is 38.1. The van der Waals surface area contributed by atoms with Gasteiger partial charge in [0.2, 0.25) is 5.56 Å². The van der Waals surface area contributed by atoms with E-state index in [4.69, 9.17) is 9.47 Å². The van der Waals surface area contributed by atoms with Crippen LogP contribution in [0.4, 0.5) is 0 Å². The van der Waals surface area contributed by atoms with Gasteiger partial charge in [-0.25, -0.2) is 0 Å². The number of ether oxygens (including phenoxy) is 2. The lowest BCUT2D eigenvalue weighted by atomic mass is 9.91. The number of nitrogens with one attached hydrogen (secondary N) is 3. The van der Waals surface area contributed by atoms with E-state index in [0.29, 0.717) is 68.6 Å². The molecule has 11 heteroatoms. The molecule has 1 saturated heterocycles. The molecule has 1 unspecified atom stereocenters. The van der Waals surface area contributed by atoms with Gasteiger partial charge in [-0.15, -0.1) is 0 Å². The summed E-state index contributed by atoms with van der Waals surface area (Å²) in [5, 5.41) is 17.2. The fraction of sp³-hybridized carbons (Fsp3) is 0.292. The van der Waals surface area contributed by atoms with E-state index in [2.05, 4.69) is 49.8 Å². The summed E-state index contributed by atoms with van der Waals surface area (Å²) in [5.41, 5.74) is 5.46. The lowest BCUT2D eigenvalue weighted by Gasteiger charge is -2.32. The summed E-state index contributed by atoms with van der Waals surface area (Å²) < 4.78 is 12.1. The monoisotopic (exact) mass is 793 g/mol. The SMILES string of the molecule is O=C(NCCCOc1cccc(C(C(=O)OCC2CCN(Cc3ccccc3)CC2)c2ccccc2)c1)c1ccc(CNCCc2ccc(O)c3[nH]c(=O)ccc23)cn1. The number of hydrogen-bond acceptors (Lipinski definition) is 9. The summed E-state index contributed by atoms with van der Waals surface area (Å²) in [4.78, 5) is 47.7. The van der Waals surface area contributed by atoms with E-state index in [9.17, 15) is 19.5 Å². The number of aromatic hydroxyl groups is 1. The van der Waals surface area contributed by atoms with Gasteiger partial charge in [0, 0.05) is 37.3 Å². The zero-order valence-electron chi connectivity index (χ0n) is 33.1. The quantitative estimate of drug-likeness (QED) is 0.0549. The number of H-pyrrole nitrogens is 1. The van der Waals surface area contributed by atoms with Crippen LogP contribution in [0.25, 0.3) is 10.9 Å². The number of aromatic nitrogens is 2. The Morgan fingerprint density at radius 1 is 0.847 bits per heavy atom. The fourth-order valence-corrected chi connectivity index (χ4v) is 7.52. The van der Waals surface area contributed by atoms with Crippen LogP contribution in [-0.4, -0.2) is 71.2 Å². The van der Waals surface area contributed by atoms with Crippen LogP contribution in [0.3, 0.4) is 0 Å². The number of carbonyl (C=O) groups excluding carboxylic acids is 2. The Morgan fingerprint density at radius 2 is 1.63 bits per heavy atom. The number of fused-ring (bicyclic) bond motifs is 1. The molecule has 0 bridgehead atoms. The van der Waals surface area contributed by atoms with Crippen molar-refractivity contribution >= 4 is 22.8 Å². The van der Waals surface area contributed by atoms with Gasteiger partial charge in [0.15, 0.2) is 0 Å². The van der Waals surface area contributed by atoms with Crippen molar-refractivity contribution in [2.75, 3.05) is 39.4 Å². The normalized spacial score (nSPS) is 13.8. The summed E-state index contributed by atoms with van der Waals surface area (Å²) in [6.07, 6.45) is 4.96. The topological polar surface area (TPSA) is 146 Å². The zero-order chi connectivity index (χ0) is 40.8. The van der Waals surface area contributed by atoms with Crippen molar-refractivity contribution in [3.63, 3.8) is 0 Å². The van der Waals surface area contributed by atoms with Gasteiger partial charge < -0.3 is 30.2 Å². The summed E-state index contributed by atoms with van der Waals surface area (Å²) in [7, 11) is 0. The molecule has 3 heterocycles. The van der Waals surface area contributed by atoms with Crippen LogP contribution in [0.15, 0.2) is 132 Å². The lowest BCUT2D eigenvalue weighted by molar-refractivity contribution is -0.146. The highest BCUT2D eigenvalue weighted by Gasteiger charge is 2.27. The highest BCUT2D eigenvalue weighted by molar-refractivity contribution is 5.92. The number of benzene rings is 4. The first-order valence-corrected chi connectivity index (χ1v) is 20.4. The van der Waals surface area contributed by atoms with Crippen LogP contribution in [-0.2, 0) is 29.0 Å². The van der Waals surface area contributed by atoms with E-state index in [1.807, 2.05) is 72.8 Å². The number of pyridine rings is 2. The van der Waals surface area contributed by atoms with Crippen molar-refractivity contribution in [3.8, 4) is 11.5 Å². The van der Waals surface area contributed by atoms with Gasteiger partial charge in [0.1, 0.15) is 23.1 Å². The first-order chi connectivity index (χ1) is 28.9. The summed E-state index contributed by atoms with van der Waals surface area (Å²) in [5.74, 6) is -0.0711. The van der Waals surface area contributed by atoms with Crippen LogP contribution >= 0.6 is 0 Å². The Labute approximate surface area is 344 Å². The second kappa shape index (κ2) is 20.4. The average Bonchev–Trinajstić information content (AvgIpc) is 3.27. The Morgan fingerprint density at radius 3 is 2.41 bits per heavy atom. The minimum atomic E-state index is -0.577. The van der Waals surface area contributed by atoms with Gasteiger partial charge in [-0.05, 0) is 109 Å². The molecule has 1 aliphatic heterocycles. The summed E-state index contributed by atoms with van der Waals surface area (Å²) >= 11 is 0. The molecule has 0 aliphatic carbocycles. The predicted octanol–water partition coefficient (Wildman–Crippen LogP) is 6.75. The van der Waals surface area contributed by atoms with E-state index >= 15 is 0 Å². The van der Waals surface area contributed by atoms with Crippen molar-refractivity contribution in [2.24, 2.45) is 5.92 Å². The molecule has 0 spiro atoms. The average molecular weight is 794 g/mol. The van der Waals surface area contributed by atoms with Crippen LogP contribution in [0.5, 0.6) is 11.5 Å². The molecule has 4 N–H and O–H groups in total. The van der Waals surface area contributed by atoms with Crippen molar-refractivity contribution in [1.82, 2.24) is 25.5 Å². The fourth-order valence-electron chi connectivity index (χ4n) is 7.52. The van der Waals surface area contributed by atoms with Gasteiger partial charge in [-0.1, -0.05) is 84.9 Å². The van der Waals surface area contributed by atoms with Crippen LogP contribution < -0.4 is 20.9 Å². The molecule has 1 aliphatic rings. The van der Waals surface area contributed by atoms with Gasteiger partial charge in [-0.3, -0.25) is 24.3 Å². The van der Waals surface area contributed by atoms with Crippen LogP contribution in [0.2, 0.25) is 0 Å². The molecule has 0 radical (unpaired) electrons. The molecule has 59 heavy (non-hydrogen) atoms. The number of nitrogens with zero attached hydrogens (tertiary/aromatic N) is 2. The molecule has 2 aromatic heterocycles. The molecule has 1 amide bonds. The third-order valence-corrected chi connectivity index (χ3v) is 10.8. The van der Waals surface area contributed by atoms with Gasteiger partial charge in [-0.2, -0.15) is 0 Å². The Balaban J connectivity index is 0.831. The maximum Gasteiger partial charge on any atom is 0.317 e. The van der Waals surface area contributed by atoms with Gasteiger partial charge >= 0.3 is 5.97 Å². The number of esters is 1. The number of piperidine rings is 1. The van der Waals surface area contributed by atoms with Gasteiger partial charge in [0.25, 0.3) is 5.91 Å². The number of aromatic amines is 1. The van der Waals surface area contributed by atoms with E-state index in [1.54, 1.807) is 24.4 Å². The number of phenolic OH excluding ortho intramolecular Hbond substituents is 1. The third kappa shape index (κ3) is 11.4. The number of hydrogen-bond donors (Lipinski definition) is 4. The summed E-state index contributed by atoms with van der Waals surface area (Å²) in [6.45, 7) is 5.36. The second-order valence-electron chi connectivity index (χ2n) is 15.0. The Kier molecular flexibility index (Phi) is 14.1. The second-order valence-corrected chi connectivity index (χ2v) is 15.0. The Hall–Kier alpha value is -6.30. The van der Waals surface area contributed by atoms with Crippen molar-refractivity contribution in [3.05, 3.63) is 171 Å². The van der Waals surface area contributed by atoms with E-state index in [0.717, 1.165) is 60.1 Å². The molecular weight excluding hydrogens is 743 g/mol. The van der Waals surface area contributed by atoms with Crippen molar-refractivity contribution in [2.45, 2.75) is 44.7 Å². The third-order valence-electron chi connectivity index (χ3n) is 10.8. The van der Waals surface area contributed by atoms with Crippen molar-refractivity contribution in [1.29, 1.82) is 0 Å². The molecule has 6 aromatic rings. The first kappa shape index (κ1) is 40.9. The van der Waals surface area contributed by atoms with Crippen LogP contribution in [0.1, 0.15) is 63.5 Å². The van der Waals surface area contributed by atoms with E-state index in [1.165, 1.54) is 11.6 Å². The molecular formula is C48H51N5O6. The molecule has 1 atom stereocenters. The number of amides is 1. The molecule has 0 saturated carbocycles. The number of carbonyl (C=O) groups is 2. The predicted molar refractivity (Wildman–Crippen MR) is 228 cm³/mol. The first-order valence-electron chi connectivity index (χ1n) is 20.4. The standard InChI is InChI=1S/C48H51N5O6/c54-43-19-16-37(41-17-20-44(55)52-46(41)43)21-25-49-30-36-15-18-42(51-31-36)47(56)50-24-8-28-58-40-14-7-13-39(29-40)45(38-11-5-2-6-12-38)48(57)59-33-35-22-26-53(27-23-35)32-34-9-3-1-4-10-34/h1-7,9-20,29,31,35,45,49,54H,8,21-28,30,32-33H2,(H,50,56)(H,52,55). The van der Waals surface area contributed by atoms with E-state index < -0.39 is 5.92 Å². The van der Waals surface area contributed by atoms with Crippen molar-refractivity contribution < 1.29 is 24.2 Å². The molecule has 304 valence electrons. The Bertz CT molecular complexity index is 2340. The maximum atomic E-state index is 13.7. The maximum absolute atomic E-state index is 13.7. The van der Waals surface area contributed by atoms with E-state index in [-0.39, 0.29) is 23.2 Å². The molecule has 1 fully saturated rings. The highest BCUT2D eigenvalue weighted by Crippen LogP contribution is 2.30. The number of phenols is 1. The van der Waals surface area contributed by atoms with Crippen LogP contribution in [0, 0.1) is 5.92 Å². The molecule has 11 nitrogen and oxygen atoms in total. The molecule has 7 rings (SSSR count). The smallest absolute Gasteiger partial charge is 0.317 e.